The number of nitrogens with zero attached hydrogens (tertiary/aromatic N) is 6. The molecule has 3 aromatic rings. The van der Waals surface area contributed by atoms with Gasteiger partial charge in [0.2, 0.25) is 11.6 Å². The fourth-order valence-electron chi connectivity index (χ4n) is 4.46. The quantitative estimate of drug-likeness (QED) is 0.437. The number of amides is 1. The molecule has 6 rings (SSSR count). The summed E-state index contributed by atoms with van der Waals surface area (Å²) in [6.07, 6.45) is -3.75. The number of halogens is 2. The summed E-state index contributed by atoms with van der Waals surface area (Å²) in [5.41, 5.74) is 2.12. The molecule has 3 aliphatic rings. The van der Waals surface area contributed by atoms with E-state index in [9.17, 15) is 18.4 Å². The van der Waals surface area contributed by atoms with Gasteiger partial charge in [-0.1, -0.05) is 0 Å². The first kappa shape index (κ1) is 25.1. The molecule has 3 fully saturated rings. The molecule has 11 nitrogen and oxygen atoms in total. The third kappa shape index (κ3) is 4.77. The van der Waals surface area contributed by atoms with Crippen LogP contribution >= 0.6 is 11.3 Å². The molecular weight excluding hydrogens is 510 g/mol. The van der Waals surface area contributed by atoms with Crippen molar-refractivity contribution in [1.29, 1.82) is 0 Å². The second-order valence-corrected chi connectivity index (χ2v) is 10.5. The van der Waals surface area contributed by atoms with E-state index in [1.807, 2.05) is 25.7 Å². The predicted octanol–water partition coefficient (Wildman–Crippen LogP) is 3.59. The zero-order valence-electron chi connectivity index (χ0n) is 20.7. The second kappa shape index (κ2) is 9.08. The van der Waals surface area contributed by atoms with E-state index in [-0.39, 0.29) is 42.1 Å². The molecule has 0 saturated carbocycles. The van der Waals surface area contributed by atoms with Gasteiger partial charge in [0.1, 0.15) is 5.60 Å². The average molecular weight is 537 g/mol. The number of esters is 1. The molecule has 0 radical (unpaired) electrons. The van der Waals surface area contributed by atoms with Gasteiger partial charge in [-0.25, -0.2) is 19.1 Å². The number of anilines is 1. The fraction of sp³-hybridized carbons (Fsp3) is 0.522. The van der Waals surface area contributed by atoms with Crippen LogP contribution in [0.3, 0.4) is 0 Å². The highest BCUT2D eigenvalue weighted by Gasteiger charge is 2.50. The molecule has 3 aliphatic heterocycles. The van der Waals surface area contributed by atoms with Gasteiger partial charge in [-0.05, 0) is 46.2 Å². The maximum atomic E-state index is 14.4. The molecular formula is C23H26F2N6O5S. The standard InChI is InChI=1S/C23H26F2N6O5S/c1-5-34-19(32)23(24,25)35-17-7-6-16(15-11-37-12-26-15)31-18(17)27-20(28-31)29-9-13-8-14(10-29)30(13)21(33)36-22(2,3)4/h6-7,11-14H,5,8-10H2,1-4H3. The maximum absolute atomic E-state index is 14.4. The topological polar surface area (TPSA) is 111 Å². The van der Waals surface area contributed by atoms with E-state index in [1.165, 1.54) is 34.9 Å². The molecule has 1 amide bonds. The van der Waals surface area contributed by atoms with Crippen molar-refractivity contribution in [3.8, 4) is 17.1 Å². The van der Waals surface area contributed by atoms with Crippen LogP contribution in [0.1, 0.15) is 34.1 Å². The van der Waals surface area contributed by atoms with Crippen LogP contribution in [0, 0.1) is 0 Å². The second-order valence-electron chi connectivity index (χ2n) is 9.78. The molecule has 2 bridgehead atoms. The lowest BCUT2D eigenvalue weighted by atomic mass is 9.88. The molecule has 0 aromatic carbocycles. The molecule has 6 heterocycles. The molecule has 3 saturated heterocycles. The Hall–Kier alpha value is -3.55. The van der Waals surface area contributed by atoms with E-state index in [0.717, 1.165) is 6.42 Å². The molecule has 3 aromatic heterocycles. The van der Waals surface area contributed by atoms with E-state index in [2.05, 4.69) is 19.8 Å². The number of piperidine rings is 1. The first-order chi connectivity index (χ1) is 17.5. The molecule has 2 atom stereocenters. The van der Waals surface area contributed by atoms with Crippen LogP contribution in [0.5, 0.6) is 5.75 Å². The number of piperazine rings is 1. The SMILES string of the molecule is CCOC(=O)C(F)(F)Oc1ccc(-c2cscn2)n2nc(N3CC4CC(C3)N4C(=O)OC(C)(C)C)nc12. The van der Waals surface area contributed by atoms with E-state index < -0.39 is 17.7 Å². The molecule has 2 unspecified atom stereocenters. The van der Waals surface area contributed by atoms with Crippen molar-refractivity contribution < 1.29 is 32.6 Å². The summed E-state index contributed by atoms with van der Waals surface area (Å²) in [7, 11) is 0. The Labute approximate surface area is 214 Å². The van der Waals surface area contributed by atoms with Crippen molar-refractivity contribution in [1.82, 2.24) is 24.5 Å². The van der Waals surface area contributed by atoms with Crippen molar-refractivity contribution >= 4 is 35.0 Å². The van der Waals surface area contributed by atoms with Crippen LogP contribution in [-0.2, 0) is 14.3 Å². The van der Waals surface area contributed by atoms with Crippen LogP contribution in [0.2, 0.25) is 0 Å². The maximum Gasteiger partial charge on any atom is 0.502 e. The number of fused-ring (bicyclic) bond motifs is 3. The van der Waals surface area contributed by atoms with Crippen molar-refractivity contribution in [2.75, 3.05) is 24.6 Å². The third-order valence-electron chi connectivity index (χ3n) is 5.96. The predicted molar refractivity (Wildman–Crippen MR) is 129 cm³/mol. The van der Waals surface area contributed by atoms with Crippen molar-refractivity contribution in [3.63, 3.8) is 0 Å². The largest absolute Gasteiger partial charge is 0.502 e. The smallest absolute Gasteiger partial charge is 0.459 e. The number of thiazole rings is 1. The number of hydrogen-bond acceptors (Lipinski definition) is 10. The summed E-state index contributed by atoms with van der Waals surface area (Å²) in [5.74, 6) is -1.85. The third-order valence-corrected chi connectivity index (χ3v) is 6.55. The highest BCUT2D eigenvalue weighted by molar-refractivity contribution is 7.07. The summed E-state index contributed by atoms with van der Waals surface area (Å²) in [4.78, 5) is 36.7. The lowest BCUT2D eigenvalue weighted by Gasteiger charge is -2.55. The van der Waals surface area contributed by atoms with Gasteiger partial charge in [-0.2, -0.15) is 13.8 Å². The highest BCUT2D eigenvalue weighted by Crippen LogP contribution is 2.37. The molecule has 0 aliphatic carbocycles. The number of carbonyl (C=O) groups excluding carboxylic acids is 2. The van der Waals surface area contributed by atoms with Crippen LogP contribution in [-0.4, -0.2) is 80.0 Å². The molecule has 14 heteroatoms. The van der Waals surface area contributed by atoms with Gasteiger partial charge in [0.25, 0.3) is 0 Å². The van der Waals surface area contributed by atoms with E-state index in [0.29, 0.717) is 24.5 Å². The minimum atomic E-state index is -4.22. The summed E-state index contributed by atoms with van der Waals surface area (Å²) in [6, 6.07) is 2.66. The normalized spacial score (nSPS) is 19.5. The zero-order valence-corrected chi connectivity index (χ0v) is 21.5. The van der Waals surface area contributed by atoms with Gasteiger partial charge >= 0.3 is 18.2 Å². The summed E-state index contributed by atoms with van der Waals surface area (Å²) < 4.78 is 45.0. The number of pyridine rings is 1. The van der Waals surface area contributed by atoms with Crippen molar-refractivity contribution in [2.45, 2.75) is 57.9 Å². The van der Waals surface area contributed by atoms with Gasteiger partial charge in [-0.3, -0.25) is 4.90 Å². The van der Waals surface area contributed by atoms with Crippen LogP contribution in [0.25, 0.3) is 17.0 Å². The Morgan fingerprint density at radius 2 is 1.92 bits per heavy atom. The van der Waals surface area contributed by atoms with Gasteiger partial charge in [0.05, 0.1) is 35.6 Å². The minimum Gasteiger partial charge on any atom is -0.459 e. The van der Waals surface area contributed by atoms with Crippen LogP contribution in [0.15, 0.2) is 23.0 Å². The average Bonchev–Trinajstić information content (AvgIpc) is 3.49. The summed E-state index contributed by atoms with van der Waals surface area (Å²) >= 11 is 1.37. The minimum absolute atomic E-state index is 0.00674. The Balaban J connectivity index is 1.45. The lowest BCUT2D eigenvalue weighted by Crippen LogP contribution is -2.70. The van der Waals surface area contributed by atoms with Crippen LogP contribution in [0.4, 0.5) is 19.5 Å². The molecule has 198 valence electrons. The number of hydrogen-bond donors (Lipinski definition) is 0. The van der Waals surface area contributed by atoms with Gasteiger partial charge < -0.3 is 19.1 Å². The highest BCUT2D eigenvalue weighted by atomic mass is 32.1. The zero-order chi connectivity index (χ0) is 26.5. The van der Waals surface area contributed by atoms with E-state index in [4.69, 9.17) is 9.47 Å². The van der Waals surface area contributed by atoms with Gasteiger partial charge in [-0.15, -0.1) is 16.4 Å². The molecule has 0 spiro atoms. The number of aromatic nitrogens is 4. The first-order valence-electron chi connectivity index (χ1n) is 11.8. The Morgan fingerprint density at radius 1 is 1.19 bits per heavy atom. The lowest BCUT2D eigenvalue weighted by molar-refractivity contribution is -0.216. The Morgan fingerprint density at radius 3 is 2.54 bits per heavy atom. The van der Waals surface area contributed by atoms with Crippen molar-refractivity contribution in [2.24, 2.45) is 0 Å². The van der Waals surface area contributed by atoms with E-state index in [1.54, 1.807) is 15.8 Å². The van der Waals surface area contributed by atoms with Gasteiger partial charge in [0.15, 0.2) is 5.75 Å². The Kier molecular flexibility index (Phi) is 6.16. The number of alkyl halides is 2. The first-order valence-corrected chi connectivity index (χ1v) is 12.7. The summed E-state index contributed by atoms with van der Waals surface area (Å²) in [5, 5.41) is 6.36. The number of carbonyl (C=O) groups is 2. The Bertz CT molecular complexity index is 1310. The number of rotatable bonds is 6. The van der Waals surface area contributed by atoms with Crippen LogP contribution < -0.4 is 9.64 Å². The summed E-state index contributed by atoms with van der Waals surface area (Å²) in [6.45, 7) is 7.56. The number of ether oxygens (including phenoxy) is 3. The van der Waals surface area contributed by atoms with Gasteiger partial charge in [0, 0.05) is 18.5 Å². The van der Waals surface area contributed by atoms with E-state index >= 15 is 0 Å². The fourth-order valence-corrected chi connectivity index (χ4v) is 5.00. The monoisotopic (exact) mass is 536 g/mol. The molecule has 0 N–H and O–H groups in total. The van der Waals surface area contributed by atoms with Crippen molar-refractivity contribution in [3.05, 3.63) is 23.0 Å². The molecule has 37 heavy (non-hydrogen) atoms.